The van der Waals surface area contributed by atoms with E-state index in [0.29, 0.717) is 44.5 Å². The minimum absolute atomic E-state index is 0.100. The van der Waals surface area contributed by atoms with Crippen LogP contribution >= 0.6 is 0 Å². The number of carbonyl (C=O) groups excluding carboxylic acids is 1. The van der Waals surface area contributed by atoms with E-state index in [0.717, 1.165) is 38.6 Å². The summed E-state index contributed by atoms with van der Waals surface area (Å²) in [5.41, 5.74) is 8.04. The molecule has 1 saturated heterocycles. The Bertz CT molecular complexity index is 1760. The topological polar surface area (TPSA) is 211 Å². The van der Waals surface area contributed by atoms with E-state index in [-0.39, 0.29) is 60.5 Å². The Kier molecular flexibility index (Phi) is 13.8. The summed E-state index contributed by atoms with van der Waals surface area (Å²) in [7, 11) is 0. The van der Waals surface area contributed by atoms with Gasteiger partial charge >= 0.3 is 5.97 Å². The fourth-order valence-corrected chi connectivity index (χ4v) is 9.10. The van der Waals surface area contributed by atoms with E-state index in [4.69, 9.17) is 20.2 Å². The Morgan fingerprint density at radius 3 is 2.61 bits per heavy atom. The maximum absolute atomic E-state index is 12.7. The molecule has 13 nitrogen and oxygen atoms in total. The van der Waals surface area contributed by atoms with Crippen molar-refractivity contribution >= 4 is 11.9 Å². The molecule has 13 heteroatoms. The third kappa shape index (κ3) is 10.5. The van der Waals surface area contributed by atoms with Crippen LogP contribution in [-0.2, 0) is 28.8 Å². The number of nitrogens with one attached hydrogen (secondary N) is 3. The van der Waals surface area contributed by atoms with Gasteiger partial charge in [-0.15, -0.1) is 0 Å². The molecule has 0 aromatic heterocycles. The number of aliphatic hydroxyl groups excluding tert-OH is 3. The Morgan fingerprint density at radius 2 is 1.86 bits per heavy atom. The van der Waals surface area contributed by atoms with Gasteiger partial charge in [-0.1, -0.05) is 42.5 Å². The van der Waals surface area contributed by atoms with Crippen LogP contribution in [0.5, 0.6) is 11.5 Å². The number of phenolic OH excluding ortho intramolecular Hbond substituents is 1. The fraction of sp³-hybridized carbons (Fsp3) is 0.628. The lowest BCUT2D eigenvalue weighted by molar-refractivity contribution is -0.152. The van der Waals surface area contributed by atoms with E-state index < -0.39 is 47.8 Å². The number of esters is 1. The highest BCUT2D eigenvalue weighted by molar-refractivity contribution is 5.77. The van der Waals surface area contributed by atoms with E-state index in [1.165, 1.54) is 24.1 Å². The first-order valence-electron chi connectivity index (χ1n) is 20.4. The van der Waals surface area contributed by atoms with Crippen molar-refractivity contribution in [2.75, 3.05) is 32.7 Å². The van der Waals surface area contributed by atoms with Crippen LogP contribution < -0.4 is 26.4 Å². The predicted molar refractivity (Wildman–Crippen MR) is 213 cm³/mol. The molecule has 1 aliphatic carbocycles. The van der Waals surface area contributed by atoms with Gasteiger partial charge in [0.1, 0.15) is 12.2 Å². The first-order valence-corrected chi connectivity index (χ1v) is 20.4. The van der Waals surface area contributed by atoms with Crippen LogP contribution in [0.3, 0.4) is 0 Å². The monoisotopic (exact) mass is 775 g/mol. The Balaban J connectivity index is 1.50. The highest BCUT2D eigenvalue weighted by atomic mass is 16.5. The van der Waals surface area contributed by atoms with Gasteiger partial charge in [-0.05, 0) is 100 Å². The van der Waals surface area contributed by atoms with Crippen molar-refractivity contribution in [2.45, 2.75) is 121 Å². The Labute approximate surface area is 330 Å². The number of benzene rings is 2. The number of hydrogen-bond donors (Lipinski definition) is 9. The predicted octanol–water partition coefficient (Wildman–Crippen LogP) is 2.34. The van der Waals surface area contributed by atoms with Crippen molar-refractivity contribution in [3.05, 3.63) is 58.7 Å². The Morgan fingerprint density at radius 1 is 1.07 bits per heavy atom. The molecule has 2 aromatic carbocycles. The normalized spacial score (nSPS) is 31.1. The number of hydrogen-bond acceptors (Lipinski definition) is 13. The maximum atomic E-state index is 12.7. The minimum atomic E-state index is -1.90. The summed E-state index contributed by atoms with van der Waals surface area (Å²) in [6, 6.07) is 11.6. The van der Waals surface area contributed by atoms with Crippen molar-refractivity contribution in [1.29, 1.82) is 0 Å². The van der Waals surface area contributed by atoms with E-state index >= 15 is 0 Å². The molecule has 306 valence electrons. The van der Waals surface area contributed by atoms with Crippen molar-refractivity contribution in [2.24, 2.45) is 28.0 Å². The second-order valence-corrected chi connectivity index (χ2v) is 16.5. The van der Waals surface area contributed by atoms with Gasteiger partial charge in [-0.25, -0.2) is 0 Å². The number of aliphatic hydroxyl groups is 4. The average molecular weight is 776 g/mol. The van der Waals surface area contributed by atoms with Crippen LogP contribution in [0.1, 0.15) is 93.8 Å². The molecule has 3 aliphatic heterocycles. The van der Waals surface area contributed by atoms with Crippen molar-refractivity contribution in [3.63, 3.8) is 0 Å². The van der Waals surface area contributed by atoms with Gasteiger partial charge in [-0.2, -0.15) is 0 Å². The molecule has 6 rings (SSSR count). The quantitative estimate of drug-likeness (QED) is 0.125. The lowest BCUT2D eigenvalue weighted by atomic mass is 9.72. The number of fused-ring (bicyclic) bond motifs is 8. The van der Waals surface area contributed by atoms with Crippen LogP contribution in [0.2, 0.25) is 0 Å². The van der Waals surface area contributed by atoms with Gasteiger partial charge in [0.2, 0.25) is 0 Å². The van der Waals surface area contributed by atoms with Gasteiger partial charge in [0.15, 0.2) is 23.7 Å². The standard InChI is InChI=1S/C43H61N5O8/c1-27(49)42-14-8-31-7-4-13-43(26-45-16-10-29-5-3-6-30(19-29)11-17-46-41(44)47-25-42)24-34(12-18-48-43)56-39-21-32(36(40(53)54)23-37(39)52)20-35(31)38(55-28(2)50)22-33(51)9-15-42/h3,5-6,19,21,23,27,31,33-35,38,40,45,48-49,51-54H,4,7,9-13,15-18,20,22,24-26H2,1-2H3,(H3,44,46,47)/t27-,31+,33-,34-,35-,38-,42-,43-/m0/s1. The van der Waals surface area contributed by atoms with Gasteiger partial charge in [0.05, 0.1) is 24.2 Å². The fourth-order valence-electron chi connectivity index (χ4n) is 9.10. The number of aliphatic imine (C=N–C) groups is 1. The molecular weight excluding hydrogens is 715 g/mol. The van der Waals surface area contributed by atoms with Crippen molar-refractivity contribution in [1.82, 2.24) is 16.0 Å². The van der Waals surface area contributed by atoms with Gasteiger partial charge in [0.25, 0.3) is 0 Å². The number of piperidine rings is 1. The highest BCUT2D eigenvalue weighted by Crippen LogP contribution is 2.41. The zero-order valence-corrected chi connectivity index (χ0v) is 32.8. The molecule has 10 N–H and O–H groups in total. The molecule has 0 radical (unpaired) electrons. The van der Waals surface area contributed by atoms with Crippen LogP contribution in [-0.4, -0.2) is 100 Å². The molecule has 1 fully saturated rings. The minimum Gasteiger partial charge on any atom is -0.504 e. The Hall–Kier alpha value is -3.90. The van der Waals surface area contributed by atoms with E-state index in [2.05, 4.69) is 52.1 Å². The number of aromatic hydroxyl groups is 1. The summed E-state index contributed by atoms with van der Waals surface area (Å²) in [5.74, 6) is 5.89. The van der Waals surface area contributed by atoms with Crippen molar-refractivity contribution in [3.8, 4) is 23.3 Å². The number of guanidine groups is 1. The van der Waals surface area contributed by atoms with Gasteiger partial charge in [-0.3, -0.25) is 9.79 Å². The summed E-state index contributed by atoms with van der Waals surface area (Å²) in [6.07, 6.45) is 1.26. The molecule has 2 aromatic rings. The van der Waals surface area contributed by atoms with Gasteiger partial charge < -0.3 is 56.7 Å². The van der Waals surface area contributed by atoms with Crippen LogP contribution in [0, 0.1) is 29.1 Å². The lowest BCUT2D eigenvalue weighted by Crippen LogP contribution is -2.59. The second-order valence-electron chi connectivity index (χ2n) is 16.5. The third-order valence-electron chi connectivity index (χ3n) is 12.3. The first kappa shape index (κ1) is 41.7. The van der Waals surface area contributed by atoms with E-state index in [1.54, 1.807) is 13.0 Å². The SMILES string of the molecule is CC(=O)O[C@H]1C[C@@H](O)CC[C@@]2([C@H](C)O)C#C[C@H]3CCC[C@@]4(CNCCc5cccc(c5)CCNC(N)=NC2)C[C@H](CCN4)Oc2cc(c(C(O)O)cc2O)C[C@H]13. The summed E-state index contributed by atoms with van der Waals surface area (Å²) in [4.78, 5) is 17.4. The zero-order chi connectivity index (χ0) is 39.9. The molecule has 3 heterocycles. The lowest BCUT2D eigenvalue weighted by Gasteiger charge is -2.43. The number of ether oxygens (including phenoxy) is 2. The number of nitrogens with two attached hydrogens (primary N) is 1. The number of phenols is 1. The summed E-state index contributed by atoms with van der Waals surface area (Å²) >= 11 is 0. The molecule has 0 unspecified atom stereocenters. The van der Waals surface area contributed by atoms with Crippen LogP contribution in [0.4, 0.5) is 0 Å². The third-order valence-corrected chi connectivity index (χ3v) is 12.3. The molecule has 8 bridgehead atoms. The summed E-state index contributed by atoms with van der Waals surface area (Å²) in [6.45, 7) is 5.88. The molecule has 0 amide bonds. The number of nitrogens with zero attached hydrogens (tertiary/aromatic N) is 1. The highest BCUT2D eigenvalue weighted by Gasteiger charge is 2.41. The molecule has 0 saturated carbocycles. The van der Waals surface area contributed by atoms with Crippen molar-refractivity contribution < 1.29 is 39.8 Å². The molecule has 56 heavy (non-hydrogen) atoms. The molecule has 1 spiro atoms. The van der Waals surface area contributed by atoms with Gasteiger partial charge in [0, 0.05) is 55.8 Å². The summed E-state index contributed by atoms with van der Waals surface area (Å²) < 4.78 is 12.6. The second kappa shape index (κ2) is 18.6. The van der Waals surface area contributed by atoms with Crippen LogP contribution in [0.15, 0.2) is 41.4 Å². The molecule has 4 aliphatic rings. The number of rotatable bonds is 3. The molecular formula is C43H61N5O8. The first-order chi connectivity index (χ1) is 26.8. The molecule has 8 atom stereocenters. The van der Waals surface area contributed by atoms with E-state index in [1.807, 2.05) is 0 Å². The van der Waals surface area contributed by atoms with E-state index in [9.17, 15) is 30.3 Å². The summed E-state index contributed by atoms with van der Waals surface area (Å²) in [5, 5.41) is 66.1. The maximum Gasteiger partial charge on any atom is 0.302 e. The smallest absolute Gasteiger partial charge is 0.302 e. The van der Waals surface area contributed by atoms with Crippen LogP contribution in [0.25, 0.3) is 0 Å². The largest absolute Gasteiger partial charge is 0.504 e. The average Bonchev–Trinajstić information content (AvgIpc) is 3.15. The number of carbonyl (C=O) groups is 1. The zero-order valence-electron chi connectivity index (χ0n) is 32.8.